The van der Waals surface area contributed by atoms with E-state index >= 15 is 0 Å². The van der Waals surface area contributed by atoms with Gasteiger partial charge in [0, 0.05) is 21.3 Å². The van der Waals surface area contributed by atoms with Crippen molar-refractivity contribution in [2.24, 2.45) is 0 Å². The number of hydrogen-bond acceptors (Lipinski definition) is 5. The predicted molar refractivity (Wildman–Crippen MR) is 64.9 cm³/mol. The Morgan fingerprint density at radius 2 is 2.07 bits per heavy atom. The molecule has 0 bridgehead atoms. The highest BCUT2D eigenvalue weighted by molar-refractivity contribution is 14.1. The maximum Gasteiger partial charge on any atom is 0.163 e. The SMILES string of the molecule is O=C(CCI)c1ccc(SOOO)cc1. The Morgan fingerprint density at radius 3 is 2.60 bits per heavy atom. The van der Waals surface area contributed by atoms with Crippen LogP contribution in [0, 0.1) is 0 Å². The molecule has 6 heteroatoms. The topological polar surface area (TPSA) is 55.8 Å². The molecule has 0 radical (unpaired) electrons. The van der Waals surface area contributed by atoms with Gasteiger partial charge in [-0.05, 0) is 12.1 Å². The summed E-state index contributed by atoms with van der Waals surface area (Å²) >= 11 is 3.03. The molecule has 1 aromatic carbocycles. The molecule has 0 saturated carbocycles. The molecule has 0 aliphatic carbocycles. The Balaban J connectivity index is 2.59. The van der Waals surface area contributed by atoms with Crippen molar-refractivity contribution < 1.29 is 19.4 Å². The summed E-state index contributed by atoms with van der Waals surface area (Å²) < 4.78 is 5.07. The minimum atomic E-state index is 0.125. The van der Waals surface area contributed by atoms with Crippen molar-refractivity contribution in [1.82, 2.24) is 0 Å². The molecule has 15 heavy (non-hydrogen) atoms. The van der Waals surface area contributed by atoms with Gasteiger partial charge in [0.05, 0.1) is 12.0 Å². The number of benzene rings is 1. The van der Waals surface area contributed by atoms with Crippen molar-refractivity contribution in [3.8, 4) is 0 Å². The fourth-order valence-electron chi connectivity index (χ4n) is 0.981. The van der Waals surface area contributed by atoms with Crippen LogP contribution in [-0.4, -0.2) is 15.5 Å². The summed E-state index contributed by atoms with van der Waals surface area (Å²) in [4.78, 5) is 12.2. The van der Waals surface area contributed by atoms with Crippen LogP contribution in [0.1, 0.15) is 16.8 Å². The van der Waals surface area contributed by atoms with Gasteiger partial charge in [-0.15, -0.1) is 4.33 Å². The molecule has 0 saturated heterocycles. The van der Waals surface area contributed by atoms with E-state index in [1.165, 1.54) is 0 Å². The number of Topliss-reactive ketones (excluding diaryl/α,β-unsaturated/α-hetero) is 1. The van der Waals surface area contributed by atoms with Gasteiger partial charge in [0.2, 0.25) is 0 Å². The van der Waals surface area contributed by atoms with Crippen molar-refractivity contribution in [2.75, 3.05) is 4.43 Å². The summed E-state index contributed by atoms with van der Waals surface area (Å²) in [6.45, 7) is 0. The molecule has 82 valence electrons. The maximum atomic E-state index is 11.5. The van der Waals surface area contributed by atoms with Crippen LogP contribution >= 0.6 is 34.6 Å². The van der Waals surface area contributed by atoms with Gasteiger partial charge in [0.25, 0.3) is 0 Å². The summed E-state index contributed by atoms with van der Waals surface area (Å²) in [5.74, 6) is 0.125. The van der Waals surface area contributed by atoms with Gasteiger partial charge in [-0.3, -0.25) is 4.79 Å². The lowest BCUT2D eigenvalue weighted by Gasteiger charge is -2.00. The zero-order valence-electron chi connectivity index (χ0n) is 7.68. The average Bonchev–Trinajstić information content (AvgIpc) is 2.27. The lowest BCUT2D eigenvalue weighted by molar-refractivity contribution is -0.432. The van der Waals surface area contributed by atoms with Gasteiger partial charge in [0.15, 0.2) is 5.78 Å². The zero-order chi connectivity index (χ0) is 11.1. The van der Waals surface area contributed by atoms with E-state index in [2.05, 4.69) is 32.0 Å². The Labute approximate surface area is 105 Å². The molecule has 0 spiro atoms. The summed E-state index contributed by atoms with van der Waals surface area (Å²) in [5.41, 5.74) is 0.681. The monoisotopic (exact) mass is 340 g/mol. The van der Waals surface area contributed by atoms with E-state index in [0.29, 0.717) is 12.0 Å². The lowest BCUT2D eigenvalue weighted by Crippen LogP contribution is -1.98. The van der Waals surface area contributed by atoms with Gasteiger partial charge in [0.1, 0.15) is 0 Å². The quantitative estimate of drug-likeness (QED) is 0.215. The molecule has 1 aromatic rings. The Hall–Kier alpha value is -0.150. The number of rotatable bonds is 6. The normalized spacial score (nSPS) is 10.3. The second-order valence-electron chi connectivity index (χ2n) is 2.61. The summed E-state index contributed by atoms with van der Waals surface area (Å²) in [6, 6.07) is 6.89. The van der Waals surface area contributed by atoms with Crippen molar-refractivity contribution in [3.63, 3.8) is 0 Å². The first-order valence-corrected chi connectivity index (χ1v) is 6.38. The standard InChI is InChI=1S/C9H9IO4S/c10-6-5-9(11)7-1-3-8(4-2-7)15-14-13-12/h1-4,12H,5-6H2. The van der Waals surface area contributed by atoms with Crippen LogP contribution in [0.3, 0.4) is 0 Å². The molecule has 0 amide bonds. The third-order valence-corrected chi connectivity index (χ3v) is 2.79. The fraction of sp³-hybridized carbons (Fsp3) is 0.222. The molecule has 4 nitrogen and oxygen atoms in total. The first-order chi connectivity index (χ1) is 7.27. The molecule has 0 atom stereocenters. The van der Waals surface area contributed by atoms with Crippen molar-refractivity contribution >= 4 is 40.4 Å². The molecular weight excluding hydrogens is 331 g/mol. The molecule has 1 rings (SSSR count). The lowest BCUT2D eigenvalue weighted by atomic mass is 10.1. The van der Waals surface area contributed by atoms with E-state index in [1.807, 2.05) is 0 Å². The van der Waals surface area contributed by atoms with Crippen LogP contribution in [0.2, 0.25) is 0 Å². The van der Waals surface area contributed by atoms with Gasteiger partial charge in [-0.1, -0.05) is 39.8 Å². The van der Waals surface area contributed by atoms with E-state index in [-0.39, 0.29) is 5.78 Å². The van der Waals surface area contributed by atoms with Crippen molar-refractivity contribution in [1.29, 1.82) is 0 Å². The number of ketones is 1. The third-order valence-electron chi connectivity index (χ3n) is 1.66. The highest BCUT2D eigenvalue weighted by Crippen LogP contribution is 2.19. The molecule has 1 N–H and O–H groups in total. The second-order valence-corrected chi connectivity index (χ2v) is 4.47. The molecular formula is C9H9IO4S. The van der Waals surface area contributed by atoms with Crippen LogP contribution in [0.25, 0.3) is 0 Å². The van der Waals surface area contributed by atoms with Crippen molar-refractivity contribution in [3.05, 3.63) is 29.8 Å². The fourth-order valence-corrected chi connectivity index (χ4v) is 1.83. The van der Waals surface area contributed by atoms with Crippen molar-refractivity contribution in [2.45, 2.75) is 11.3 Å². The largest absolute Gasteiger partial charge is 0.294 e. The smallest absolute Gasteiger partial charge is 0.163 e. The van der Waals surface area contributed by atoms with Crippen LogP contribution in [0.5, 0.6) is 0 Å². The first-order valence-electron chi connectivity index (χ1n) is 4.12. The minimum Gasteiger partial charge on any atom is -0.294 e. The molecule has 0 aromatic heterocycles. The summed E-state index contributed by atoms with van der Waals surface area (Å²) in [6.07, 6.45) is 0.545. The second kappa shape index (κ2) is 7.18. The summed E-state index contributed by atoms with van der Waals surface area (Å²) in [7, 11) is 0. The molecule has 0 aliphatic heterocycles. The van der Waals surface area contributed by atoms with Crippen LogP contribution in [0.4, 0.5) is 0 Å². The van der Waals surface area contributed by atoms with Crippen LogP contribution in [0.15, 0.2) is 29.2 Å². The number of carbonyl (C=O) groups is 1. The Bertz CT molecular complexity index is 314. The van der Waals surface area contributed by atoms with Gasteiger partial charge in [-0.25, -0.2) is 5.26 Å². The Kier molecular flexibility index (Phi) is 6.18. The van der Waals surface area contributed by atoms with Gasteiger partial charge in [-0.2, -0.15) is 0 Å². The molecule has 0 unspecified atom stereocenters. The van der Waals surface area contributed by atoms with E-state index < -0.39 is 0 Å². The van der Waals surface area contributed by atoms with Crippen LogP contribution < -0.4 is 0 Å². The summed E-state index contributed by atoms with van der Waals surface area (Å²) in [5, 5.41) is 11.4. The average molecular weight is 340 g/mol. The highest BCUT2D eigenvalue weighted by atomic mass is 127. The van der Waals surface area contributed by atoms with E-state index in [9.17, 15) is 4.79 Å². The number of carbonyl (C=O) groups excluding carboxylic acids is 1. The highest BCUT2D eigenvalue weighted by Gasteiger charge is 2.04. The molecule has 0 heterocycles. The Morgan fingerprint density at radius 1 is 1.40 bits per heavy atom. The van der Waals surface area contributed by atoms with E-state index in [0.717, 1.165) is 21.4 Å². The van der Waals surface area contributed by atoms with Gasteiger partial charge < -0.3 is 0 Å². The maximum absolute atomic E-state index is 11.5. The number of alkyl halides is 1. The van der Waals surface area contributed by atoms with E-state index in [1.54, 1.807) is 24.3 Å². The minimum absolute atomic E-state index is 0.125. The zero-order valence-corrected chi connectivity index (χ0v) is 10.7. The van der Waals surface area contributed by atoms with E-state index in [4.69, 9.17) is 5.26 Å². The third kappa shape index (κ3) is 4.47. The molecule has 0 aliphatic rings. The first kappa shape index (κ1) is 12.9. The predicted octanol–water partition coefficient (Wildman–Crippen LogP) is 3.12. The number of hydrogen-bond donors (Lipinski definition) is 1. The van der Waals surface area contributed by atoms with Crippen LogP contribution in [-0.2, 0) is 9.37 Å². The molecule has 0 fully saturated rings. The van der Waals surface area contributed by atoms with Gasteiger partial charge >= 0.3 is 0 Å². The number of halogens is 1.